The fourth-order valence-electron chi connectivity index (χ4n) is 3.74. The van der Waals surface area contributed by atoms with Crippen LogP contribution in [0.25, 0.3) is 6.08 Å². The van der Waals surface area contributed by atoms with Crippen molar-refractivity contribution in [2.45, 2.75) is 24.7 Å². The van der Waals surface area contributed by atoms with E-state index < -0.39 is 15.9 Å². The summed E-state index contributed by atoms with van der Waals surface area (Å²) < 4.78 is 44.0. The number of amides is 1. The fraction of sp³-hybridized carbons (Fsp3) is 0.429. The van der Waals surface area contributed by atoms with Crippen molar-refractivity contribution in [3.63, 3.8) is 0 Å². The van der Waals surface area contributed by atoms with Crippen LogP contribution in [0.5, 0.6) is 11.5 Å². The number of piperidine rings is 1. The molecule has 1 amide bonds. The SMILES string of the molecule is Cc1noc(/C=C/N(C)C)c1S(=O)(=O)N1CCCC(C(=O)Nc2ccc3c(c2)OCO3)C1. The van der Waals surface area contributed by atoms with Gasteiger partial charge in [-0.3, -0.25) is 4.79 Å². The molecule has 0 aliphatic carbocycles. The Kier molecular flexibility index (Phi) is 6.11. The summed E-state index contributed by atoms with van der Waals surface area (Å²) in [5, 5.41) is 6.70. The molecule has 1 aromatic carbocycles. The van der Waals surface area contributed by atoms with E-state index >= 15 is 0 Å². The lowest BCUT2D eigenvalue weighted by Crippen LogP contribution is -2.43. The molecule has 1 N–H and O–H groups in total. The van der Waals surface area contributed by atoms with Crippen molar-refractivity contribution in [3.8, 4) is 11.5 Å². The van der Waals surface area contributed by atoms with Crippen LogP contribution in [0.4, 0.5) is 5.69 Å². The Labute approximate surface area is 186 Å². The van der Waals surface area contributed by atoms with Gasteiger partial charge in [-0.05, 0) is 31.9 Å². The second kappa shape index (κ2) is 8.83. The van der Waals surface area contributed by atoms with Gasteiger partial charge in [0.2, 0.25) is 22.7 Å². The van der Waals surface area contributed by atoms with Crippen molar-refractivity contribution in [2.75, 3.05) is 39.3 Å². The summed E-state index contributed by atoms with van der Waals surface area (Å²) in [4.78, 5) is 14.7. The third-order valence-electron chi connectivity index (χ3n) is 5.35. The van der Waals surface area contributed by atoms with E-state index in [1.807, 2.05) is 14.1 Å². The first-order valence-corrected chi connectivity index (χ1v) is 11.7. The van der Waals surface area contributed by atoms with Gasteiger partial charge in [0.25, 0.3) is 0 Å². The Bertz CT molecular complexity index is 1140. The van der Waals surface area contributed by atoms with E-state index in [1.54, 1.807) is 42.3 Å². The molecule has 0 saturated carbocycles. The highest BCUT2D eigenvalue weighted by Gasteiger charge is 2.37. The minimum Gasteiger partial charge on any atom is -0.454 e. The summed E-state index contributed by atoms with van der Waals surface area (Å²) in [6.45, 7) is 2.16. The van der Waals surface area contributed by atoms with Crippen LogP contribution in [0.1, 0.15) is 24.3 Å². The zero-order valence-electron chi connectivity index (χ0n) is 18.2. The number of benzene rings is 1. The van der Waals surface area contributed by atoms with E-state index in [1.165, 1.54) is 4.31 Å². The van der Waals surface area contributed by atoms with Gasteiger partial charge in [0.05, 0.1) is 5.92 Å². The second-order valence-corrected chi connectivity index (χ2v) is 9.87. The number of ether oxygens (including phenoxy) is 2. The molecule has 2 aliphatic rings. The van der Waals surface area contributed by atoms with Gasteiger partial charge in [-0.2, -0.15) is 4.31 Å². The summed E-state index contributed by atoms with van der Waals surface area (Å²) >= 11 is 0. The van der Waals surface area contributed by atoms with Crippen molar-refractivity contribution < 1.29 is 27.2 Å². The normalized spacial score (nSPS) is 18.8. The molecule has 1 aromatic heterocycles. The molecule has 1 saturated heterocycles. The number of aryl methyl sites for hydroxylation is 1. The summed E-state index contributed by atoms with van der Waals surface area (Å²) in [5.41, 5.74) is 0.862. The molecule has 4 rings (SSSR count). The molecule has 32 heavy (non-hydrogen) atoms. The number of nitrogens with one attached hydrogen (secondary N) is 1. The van der Waals surface area contributed by atoms with E-state index in [0.29, 0.717) is 36.6 Å². The van der Waals surface area contributed by atoms with Gasteiger partial charge in [0.15, 0.2) is 22.2 Å². The summed E-state index contributed by atoms with van der Waals surface area (Å²) in [6, 6.07) is 5.15. The molecule has 2 aliphatic heterocycles. The third kappa shape index (κ3) is 4.44. The van der Waals surface area contributed by atoms with Gasteiger partial charge in [-0.25, -0.2) is 8.42 Å². The number of fused-ring (bicyclic) bond motifs is 1. The van der Waals surface area contributed by atoms with Crippen molar-refractivity contribution in [1.82, 2.24) is 14.4 Å². The van der Waals surface area contributed by atoms with Gasteiger partial charge in [-0.15, -0.1) is 0 Å². The van der Waals surface area contributed by atoms with Crippen LogP contribution in [-0.2, 0) is 14.8 Å². The van der Waals surface area contributed by atoms with Crippen LogP contribution < -0.4 is 14.8 Å². The summed E-state index contributed by atoms with van der Waals surface area (Å²) in [6.07, 6.45) is 4.43. The first kappa shape index (κ1) is 22.2. The van der Waals surface area contributed by atoms with Crippen LogP contribution in [-0.4, -0.2) is 62.7 Å². The Morgan fingerprint density at radius 1 is 1.28 bits per heavy atom. The third-order valence-corrected chi connectivity index (χ3v) is 7.37. The molecule has 3 heterocycles. The highest BCUT2D eigenvalue weighted by atomic mass is 32.2. The van der Waals surface area contributed by atoms with Gasteiger partial charge < -0.3 is 24.2 Å². The first-order valence-electron chi connectivity index (χ1n) is 10.3. The summed E-state index contributed by atoms with van der Waals surface area (Å²) in [7, 11) is -0.242. The monoisotopic (exact) mass is 462 g/mol. The van der Waals surface area contributed by atoms with Crippen molar-refractivity contribution in [1.29, 1.82) is 0 Å². The molecule has 10 nitrogen and oxygen atoms in total. The molecule has 2 aromatic rings. The van der Waals surface area contributed by atoms with E-state index in [-0.39, 0.29) is 35.6 Å². The highest BCUT2D eigenvalue weighted by Crippen LogP contribution is 2.35. The average Bonchev–Trinajstić information content (AvgIpc) is 3.38. The largest absolute Gasteiger partial charge is 0.454 e. The predicted octanol–water partition coefficient (Wildman–Crippen LogP) is 2.28. The van der Waals surface area contributed by atoms with E-state index in [0.717, 1.165) is 0 Å². The highest BCUT2D eigenvalue weighted by molar-refractivity contribution is 7.89. The van der Waals surface area contributed by atoms with Crippen molar-refractivity contribution >= 4 is 27.7 Å². The van der Waals surface area contributed by atoms with Crippen LogP contribution in [0, 0.1) is 12.8 Å². The van der Waals surface area contributed by atoms with Crippen LogP contribution >= 0.6 is 0 Å². The lowest BCUT2D eigenvalue weighted by molar-refractivity contribution is -0.120. The van der Waals surface area contributed by atoms with Crippen LogP contribution in [0.2, 0.25) is 0 Å². The second-order valence-electron chi connectivity index (χ2n) is 8.00. The van der Waals surface area contributed by atoms with E-state index in [4.69, 9.17) is 14.0 Å². The number of carbonyl (C=O) groups is 1. The van der Waals surface area contributed by atoms with E-state index in [2.05, 4.69) is 10.5 Å². The van der Waals surface area contributed by atoms with Gasteiger partial charge in [0.1, 0.15) is 5.69 Å². The number of nitrogens with zero attached hydrogens (tertiary/aromatic N) is 3. The lowest BCUT2D eigenvalue weighted by Gasteiger charge is -2.31. The summed E-state index contributed by atoms with van der Waals surface area (Å²) in [5.74, 6) is 0.643. The van der Waals surface area contributed by atoms with Gasteiger partial charge in [0, 0.05) is 51.2 Å². The minimum atomic E-state index is -3.88. The maximum atomic E-state index is 13.4. The van der Waals surface area contributed by atoms with Gasteiger partial charge in [-0.1, -0.05) is 5.16 Å². The Hall–Kier alpha value is -3.05. The molecule has 1 unspecified atom stereocenters. The zero-order valence-corrected chi connectivity index (χ0v) is 19.0. The maximum Gasteiger partial charge on any atom is 0.248 e. The quantitative estimate of drug-likeness (QED) is 0.696. The van der Waals surface area contributed by atoms with Crippen LogP contribution in [0.3, 0.4) is 0 Å². The zero-order chi connectivity index (χ0) is 22.9. The Morgan fingerprint density at radius 3 is 2.84 bits per heavy atom. The predicted molar refractivity (Wildman–Crippen MR) is 117 cm³/mol. The number of hydrogen-bond acceptors (Lipinski definition) is 8. The molecular weight excluding hydrogens is 436 g/mol. The molecular formula is C21H26N4O6S. The standard InChI is InChI=1S/C21H26N4O6S/c1-14-20(18(31-23-14)8-10-24(2)3)32(27,28)25-9-4-5-15(12-25)21(26)22-16-6-7-17-19(11-16)30-13-29-17/h6-8,10-11,15H,4-5,9,12-13H2,1-3H3,(H,22,26)/b10-8+. The number of anilines is 1. The fourth-order valence-corrected chi connectivity index (χ4v) is 5.51. The first-order chi connectivity index (χ1) is 15.3. The van der Waals surface area contributed by atoms with Crippen molar-refractivity contribution in [3.05, 3.63) is 35.9 Å². The Morgan fingerprint density at radius 2 is 2.06 bits per heavy atom. The van der Waals surface area contributed by atoms with E-state index in [9.17, 15) is 13.2 Å². The lowest BCUT2D eigenvalue weighted by atomic mass is 9.98. The average molecular weight is 463 g/mol. The molecule has 11 heteroatoms. The topological polar surface area (TPSA) is 114 Å². The number of aromatic nitrogens is 1. The number of carbonyl (C=O) groups excluding carboxylic acids is 1. The number of rotatable bonds is 6. The maximum absolute atomic E-state index is 13.4. The van der Waals surface area contributed by atoms with Crippen molar-refractivity contribution in [2.24, 2.45) is 5.92 Å². The minimum absolute atomic E-state index is 0.0347. The molecule has 0 radical (unpaired) electrons. The van der Waals surface area contributed by atoms with Crippen LogP contribution in [0.15, 0.2) is 33.8 Å². The van der Waals surface area contributed by atoms with Gasteiger partial charge >= 0.3 is 0 Å². The Balaban J connectivity index is 1.50. The molecule has 0 bridgehead atoms. The smallest absolute Gasteiger partial charge is 0.248 e. The number of hydrogen-bond donors (Lipinski definition) is 1. The number of sulfonamides is 1. The molecule has 1 atom stereocenters. The molecule has 0 spiro atoms. The molecule has 172 valence electrons. The molecule has 1 fully saturated rings.